The molecule has 1 rings (SSSR count). The summed E-state index contributed by atoms with van der Waals surface area (Å²) in [6.45, 7) is 5.72. The van der Waals surface area contributed by atoms with Crippen LogP contribution >= 0.6 is 0 Å². The molecule has 13 heavy (non-hydrogen) atoms. The molecule has 0 N–H and O–H groups in total. The first-order valence-electron chi connectivity index (χ1n) is 3.82. The van der Waals surface area contributed by atoms with E-state index in [0.717, 1.165) is 11.3 Å². The van der Waals surface area contributed by atoms with Crippen molar-refractivity contribution < 1.29 is 35.9 Å². The van der Waals surface area contributed by atoms with Crippen LogP contribution in [0.2, 0.25) is 0 Å². The largest absolute Gasteiger partial charge is 1.00 e. The second-order valence-electron chi connectivity index (χ2n) is 2.17. The molecule has 0 nitrogen and oxygen atoms in total. The summed E-state index contributed by atoms with van der Waals surface area (Å²) in [6.07, 6.45) is 2.28. The molecule has 0 atom stereocenters. The molecule has 1 aromatic carbocycles. The van der Waals surface area contributed by atoms with E-state index in [1.54, 1.807) is 0 Å². The zero-order valence-electron chi connectivity index (χ0n) is 8.22. The quantitative estimate of drug-likeness (QED) is 0.382. The van der Waals surface area contributed by atoms with Gasteiger partial charge in [0.25, 0.3) is 0 Å². The monoisotopic (exact) mass is 236 g/mol. The van der Waals surface area contributed by atoms with Crippen LogP contribution in [0, 0.1) is 6.92 Å². The van der Waals surface area contributed by atoms with Gasteiger partial charge in [0.05, 0.1) is 0 Å². The van der Waals surface area contributed by atoms with Gasteiger partial charge in [0, 0.05) is 0 Å². The van der Waals surface area contributed by atoms with Crippen molar-refractivity contribution in [3.8, 4) is 0 Å². The maximum absolute atomic E-state index is 4.81. The third-order valence-electron chi connectivity index (χ3n) is 1.10. The van der Waals surface area contributed by atoms with Crippen molar-refractivity contribution in [3.63, 3.8) is 0 Å². The fourth-order valence-corrected chi connectivity index (χ4v) is 0.578. The van der Waals surface area contributed by atoms with E-state index in [2.05, 4.69) is 13.8 Å². The number of hydrogen-bond acceptors (Lipinski definition) is 1. The van der Waals surface area contributed by atoms with E-state index in [1.165, 1.54) is 6.42 Å². The Hall–Kier alpha value is 0.557. The third kappa shape index (κ3) is 15.3. The van der Waals surface area contributed by atoms with Crippen LogP contribution in [0.3, 0.4) is 0 Å². The van der Waals surface area contributed by atoms with Gasteiger partial charge in [-0.1, -0.05) is 43.7 Å². The van der Waals surface area contributed by atoms with E-state index >= 15 is 0 Å². The SMILES string of the molecule is [CH2-]CCC.[Cu+].[Li+].[S-]c1ccccc1. The molecule has 72 valence electrons. The van der Waals surface area contributed by atoms with Crippen molar-refractivity contribution >= 4 is 12.6 Å². The molecular formula is C10H14CuLiS. The zero-order valence-corrected chi connectivity index (χ0v) is 9.98. The molecule has 0 aliphatic carbocycles. The van der Waals surface area contributed by atoms with Crippen LogP contribution in [0.4, 0.5) is 0 Å². The van der Waals surface area contributed by atoms with Crippen LogP contribution in [0.15, 0.2) is 35.2 Å². The molecule has 0 aliphatic heterocycles. The summed E-state index contributed by atoms with van der Waals surface area (Å²) < 4.78 is 0. The van der Waals surface area contributed by atoms with Crippen LogP contribution < -0.4 is 18.9 Å². The summed E-state index contributed by atoms with van der Waals surface area (Å²) >= 11 is 4.81. The fourth-order valence-electron chi connectivity index (χ4n) is 0.420. The summed E-state index contributed by atoms with van der Waals surface area (Å²) in [4.78, 5) is 0.905. The molecule has 0 unspecified atom stereocenters. The molecule has 0 saturated carbocycles. The number of benzene rings is 1. The summed E-state index contributed by atoms with van der Waals surface area (Å²) in [7, 11) is 0. The first-order chi connectivity index (χ1) is 5.31. The molecule has 0 fully saturated rings. The van der Waals surface area contributed by atoms with E-state index in [4.69, 9.17) is 12.6 Å². The van der Waals surface area contributed by atoms with Crippen LogP contribution in [0.1, 0.15) is 19.8 Å². The second-order valence-corrected chi connectivity index (χ2v) is 2.64. The molecule has 0 saturated heterocycles. The van der Waals surface area contributed by atoms with Crippen molar-refractivity contribution in [2.45, 2.75) is 24.7 Å². The molecule has 0 bridgehead atoms. The minimum Gasteiger partial charge on any atom is -0.780 e. The third-order valence-corrected chi connectivity index (χ3v) is 1.37. The Kier molecular flexibility index (Phi) is 22.2. The van der Waals surface area contributed by atoms with Crippen LogP contribution in [0.25, 0.3) is 0 Å². The van der Waals surface area contributed by atoms with Gasteiger partial charge in [0.2, 0.25) is 0 Å². The van der Waals surface area contributed by atoms with Crippen LogP contribution in [-0.2, 0) is 29.7 Å². The van der Waals surface area contributed by atoms with Crippen LogP contribution in [0.5, 0.6) is 0 Å². The molecule has 1 aromatic rings. The number of rotatable bonds is 1. The predicted molar refractivity (Wildman–Crippen MR) is 52.3 cm³/mol. The number of unbranched alkanes of at least 4 members (excludes halogenated alkanes) is 1. The number of hydrogen-bond donors (Lipinski definition) is 0. The molecule has 0 spiro atoms. The van der Waals surface area contributed by atoms with Crippen LogP contribution in [-0.4, -0.2) is 0 Å². The normalized spacial score (nSPS) is 6.92. The van der Waals surface area contributed by atoms with Gasteiger partial charge < -0.3 is 19.6 Å². The average molecular weight is 237 g/mol. The minimum absolute atomic E-state index is 0. The first kappa shape index (κ1) is 19.2. The Morgan fingerprint density at radius 1 is 1.23 bits per heavy atom. The first-order valence-corrected chi connectivity index (χ1v) is 4.23. The molecule has 3 heteroatoms. The smallest absolute Gasteiger partial charge is 0.780 e. The van der Waals surface area contributed by atoms with E-state index in [9.17, 15) is 0 Å². The summed E-state index contributed by atoms with van der Waals surface area (Å²) in [5.74, 6) is 0. The molecule has 0 heterocycles. The summed E-state index contributed by atoms with van der Waals surface area (Å²) in [6, 6.07) is 9.62. The predicted octanol–water partition coefficient (Wildman–Crippen LogP) is 0.214. The molecule has 0 aliphatic rings. The zero-order chi connectivity index (χ0) is 8.53. The van der Waals surface area contributed by atoms with Gasteiger partial charge in [0.15, 0.2) is 0 Å². The Balaban J connectivity index is -0.000000150. The Bertz CT molecular complexity index is 166. The summed E-state index contributed by atoms with van der Waals surface area (Å²) in [5.41, 5.74) is 0. The average Bonchev–Trinajstić information content (AvgIpc) is 2.07. The molecule has 0 aromatic heterocycles. The standard InChI is InChI=1S/C6H6S.C4H9.Cu.Li/c7-6-4-2-1-3-5-6;1-3-4-2;;/h1-5,7H;1,3-4H2,2H3;;/q;-1;2*+1/p-1. The van der Waals surface area contributed by atoms with Crippen molar-refractivity contribution in [2.24, 2.45) is 0 Å². The van der Waals surface area contributed by atoms with Gasteiger partial charge in [-0.15, -0.1) is 0 Å². The van der Waals surface area contributed by atoms with Gasteiger partial charge in [-0.05, 0) is 0 Å². The Morgan fingerprint density at radius 2 is 1.62 bits per heavy atom. The maximum Gasteiger partial charge on any atom is 1.00 e. The van der Waals surface area contributed by atoms with Crippen molar-refractivity contribution in [3.05, 3.63) is 37.3 Å². The van der Waals surface area contributed by atoms with Crippen molar-refractivity contribution in [2.75, 3.05) is 0 Å². The van der Waals surface area contributed by atoms with Crippen molar-refractivity contribution in [1.82, 2.24) is 0 Å². The van der Waals surface area contributed by atoms with Gasteiger partial charge in [0.1, 0.15) is 0 Å². The van der Waals surface area contributed by atoms with E-state index in [-0.39, 0.29) is 35.9 Å². The second kappa shape index (κ2) is 15.0. The topological polar surface area (TPSA) is 0 Å². The molecule has 0 radical (unpaired) electrons. The van der Waals surface area contributed by atoms with Gasteiger partial charge in [-0.3, -0.25) is 0 Å². The van der Waals surface area contributed by atoms with Gasteiger partial charge in [-0.25, -0.2) is 0 Å². The van der Waals surface area contributed by atoms with E-state index in [1.807, 2.05) is 30.3 Å². The van der Waals surface area contributed by atoms with Crippen molar-refractivity contribution in [1.29, 1.82) is 0 Å². The Labute approximate surface area is 110 Å². The molecular weight excluding hydrogens is 223 g/mol. The summed E-state index contributed by atoms with van der Waals surface area (Å²) in [5, 5.41) is 0. The van der Waals surface area contributed by atoms with Gasteiger partial charge >= 0.3 is 35.9 Å². The molecule has 0 amide bonds. The van der Waals surface area contributed by atoms with E-state index < -0.39 is 0 Å². The fraction of sp³-hybridized carbons (Fsp3) is 0.300. The maximum atomic E-state index is 4.81. The minimum atomic E-state index is 0. The van der Waals surface area contributed by atoms with E-state index in [0.29, 0.717) is 0 Å². The Morgan fingerprint density at radius 3 is 1.77 bits per heavy atom. The van der Waals surface area contributed by atoms with Gasteiger partial charge in [-0.2, -0.15) is 11.3 Å².